The minimum absolute atomic E-state index is 0.337. The van der Waals surface area contributed by atoms with Crippen LogP contribution in [0.15, 0.2) is 18.2 Å². The van der Waals surface area contributed by atoms with Crippen molar-refractivity contribution in [3.8, 4) is 0 Å². The molecule has 14 heavy (non-hydrogen) atoms. The Labute approximate surface area is 86.3 Å². The molecule has 0 bridgehead atoms. The van der Waals surface area contributed by atoms with Crippen LogP contribution < -0.4 is 5.73 Å². The van der Waals surface area contributed by atoms with E-state index in [1.807, 2.05) is 0 Å². The van der Waals surface area contributed by atoms with Crippen LogP contribution in [0.25, 0.3) is 0 Å². The maximum atomic E-state index is 5.96. The first-order valence-electron chi connectivity index (χ1n) is 5.51. The number of hydrogen-bond acceptors (Lipinski definition) is 1. The van der Waals surface area contributed by atoms with Gasteiger partial charge in [-0.15, -0.1) is 0 Å². The minimum Gasteiger partial charge on any atom is -0.328 e. The molecule has 1 heteroatoms. The van der Waals surface area contributed by atoms with Gasteiger partial charge in [0.05, 0.1) is 0 Å². The lowest BCUT2D eigenvalue weighted by Gasteiger charge is -2.28. The second-order valence-corrected chi connectivity index (χ2v) is 4.57. The van der Waals surface area contributed by atoms with Gasteiger partial charge < -0.3 is 5.73 Å². The van der Waals surface area contributed by atoms with Crippen molar-refractivity contribution in [1.82, 2.24) is 0 Å². The molecule has 0 aromatic heterocycles. The van der Waals surface area contributed by atoms with Gasteiger partial charge in [0.1, 0.15) is 0 Å². The van der Waals surface area contributed by atoms with E-state index < -0.39 is 0 Å². The van der Waals surface area contributed by atoms with Crippen LogP contribution in [0.2, 0.25) is 0 Å². The molecule has 0 saturated heterocycles. The van der Waals surface area contributed by atoms with Crippen molar-refractivity contribution < 1.29 is 0 Å². The predicted molar refractivity (Wildman–Crippen MR) is 60.3 cm³/mol. The van der Waals surface area contributed by atoms with Crippen molar-refractivity contribution in [1.29, 1.82) is 0 Å². The van der Waals surface area contributed by atoms with Crippen LogP contribution in [-0.2, 0) is 12.8 Å². The monoisotopic (exact) mass is 189 g/mol. The highest BCUT2D eigenvalue weighted by molar-refractivity contribution is 5.36. The van der Waals surface area contributed by atoms with Crippen LogP contribution >= 0.6 is 0 Å². The summed E-state index contributed by atoms with van der Waals surface area (Å²) >= 11 is 0. The van der Waals surface area contributed by atoms with Crippen LogP contribution in [0.4, 0.5) is 0 Å². The zero-order valence-corrected chi connectivity index (χ0v) is 9.09. The fraction of sp³-hybridized carbons (Fsp3) is 0.538. The summed E-state index contributed by atoms with van der Waals surface area (Å²) in [5.41, 5.74) is 10.5. The van der Waals surface area contributed by atoms with Gasteiger partial charge in [0.15, 0.2) is 0 Å². The fourth-order valence-electron chi connectivity index (χ4n) is 2.48. The summed E-state index contributed by atoms with van der Waals surface area (Å²) < 4.78 is 0. The SMILES string of the molecule is Cc1cccc2c1CCC(C(C)N)C2. The quantitative estimate of drug-likeness (QED) is 0.721. The van der Waals surface area contributed by atoms with Gasteiger partial charge in [0.25, 0.3) is 0 Å². The highest BCUT2D eigenvalue weighted by atomic mass is 14.6. The predicted octanol–water partition coefficient (Wildman–Crippen LogP) is 2.45. The van der Waals surface area contributed by atoms with E-state index in [1.54, 1.807) is 5.56 Å². The van der Waals surface area contributed by atoms with Crippen molar-refractivity contribution in [2.45, 2.75) is 39.2 Å². The Morgan fingerprint density at radius 3 is 2.93 bits per heavy atom. The first kappa shape index (κ1) is 9.72. The lowest BCUT2D eigenvalue weighted by atomic mass is 9.79. The number of rotatable bonds is 1. The van der Waals surface area contributed by atoms with Crippen molar-refractivity contribution in [3.05, 3.63) is 34.9 Å². The zero-order chi connectivity index (χ0) is 10.1. The Kier molecular flexibility index (Phi) is 2.60. The van der Waals surface area contributed by atoms with E-state index in [4.69, 9.17) is 5.73 Å². The second kappa shape index (κ2) is 3.74. The minimum atomic E-state index is 0.337. The lowest BCUT2D eigenvalue weighted by Crippen LogP contribution is -2.31. The molecule has 0 aliphatic heterocycles. The lowest BCUT2D eigenvalue weighted by molar-refractivity contribution is 0.392. The Morgan fingerprint density at radius 1 is 1.43 bits per heavy atom. The molecule has 1 nitrogen and oxygen atoms in total. The second-order valence-electron chi connectivity index (χ2n) is 4.57. The Morgan fingerprint density at radius 2 is 2.21 bits per heavy atom. The molecule has 0 spiro atoms. The third kappa shape index (κ3) is 1.69. The van der Waals surface area contributed by atoms with Crippen molar-refractivity contribution in [2.75, 3.05) is 0 Å². The highest BCUT2D eigenvalue weighted by Gasteiger charge is 2.21. The molecule has 2 atom stereocenters. The van der Waals surface area contributed by atoms with Gasteiger partial charge in [0.2, 0.25) is 0 Å². The fourth-order valence-corrected chi connectivity index (χ4v) is 2.48. The largest absolute Gasteiger partial charge is 0.328 e. The molecule has 1 aliphatic carbocycles. The molecule has 1 aromatic carbocycles. The Hall–Kier alpha value is -0.820. The van der Waals surface area contributed by atoms with E-state index in [0.717, 1.165) is 0 Å². The molecule has 76 valence electrons. The maximum Gasteiger partial charge on any atom is 0.00420 e. The molecule has 0 heterocycles. The molecule has 2 N–H and O–H groups in total. The summed E-state index contributed by atoms with van der Waals surface area (Å²) in [5.74, 6) is 0.685. The topological polar surface area (TPSA) is 26.0 Å². The first-order chi connectivity index (χ1) is 6.68. The Balaban J connectivity index is 2.27. The molecule has 2 unspecified atom stereocenters. The van der Waals surface area contributed by atoms with Gasteiger partial charge in [-0.2, -0.15) is 0 Å². The first-order valence-corrected chi connectivity index (χ1v) is 5.51. The van der Waals surface area contributed by atoms with Crippen LogP contribution in [-0.4, -0.2) is 6.04 Å². The van der Waals surface area contributed by atoms with Crippen molar-refractivity contribution >= 4 is 0 Å². The summed E-state index contributed by atoms with van der Waals surface area (Å²) in [4.78, 5) is 0. The number of aryl methyl sites for hydroxylation is 1. The van der Waals surface area contributed by atoms with E-state index in [2.05, 4.69) is 32.0 Å². The van der Waals surface area contributed by atoms with Crippen molar-refractivity contribution in [3.63, 3.8) is 0 Å². The molecular formula is C13H19N. The smallest absolute Gasteiger partial charge is 0.00420 e. The van der Waals surface area contributed by atoms with E-state index in [0.29, 0.717) is 12.0 Å². The van der Waals surface area contributed by atoms with Gasteiger partial charge in [0, 0.05) is 6.04 Å². The van der Waals surface area contributed by atoms with Gasteiger partial charge in [-0.3, -0.25) is 0 Å². The number of nitrogens with two attached hydrogens (primary N) is 1. The third-order valence-electron chi connectivity index (χ3n) is 3.50. The number of benzene rings is 1. The average Bonchev–Trinajstić information content (AvgIpc) is 2.17. The molecule has 0 amide bonds. The summed E-state index contributed by atoms with van der Waals surface area (Å²) in [7, 11) is 0. The molecule has 2 rings (SSSR count). The van der Waals surface area contributed by atoms with Gasteiger partial charge in [-0.05, 0) is 55.7 Å². The van der Waals surface area contributed by atoms with E-state index in [1.165, 1.54) is 30.4 Å². The average molecular weight is 189 g/mol. The van der Waals surface area contributed by atoms with Gasteiger partial charge >= 0.3 is 0 Å². The summed E-state index contributed by atoms with van der Waals surface area (Å²) in [5, 5.41) is 0. The Bertz CT molecular complexity index is 328. The number of hydrogen-bond donors (Lipinski definition) is 1. The van der Waals surface area contributed by atoms with Crippen molar-refractivity contribution in [2.24, 2.45) is 11.7 Å². The van der Waals surface area contributed by atoms with E-state index in [9.17, 15) is 0 Å². The molecule has 1 aliphatic rings. The molecule has 1 aromatic rings. The van der Waals surface area contributed by atoms with Crippen LogP contribution in [0.3, 0.4) is 0 Å². The van der Waals surface area contributed by atoms with Crippen LogP contribution in [0.5, 0.6) is 0 Å². The highest BCUT2D eigenvalue weighted by Crippen LogP contribution is 2.28. The summed E-state index contributed by atoms with van der Waals surface area (Å²) in [6, 6.07) is 6.98. The zero-order valence-electron chi connectivity index (χ0n) is 9.09. The maximum absolute atomic E-state index is 5.96. The van der Waals surface area contributed by atoms with Crippen LogP contribution in [0, 0.1) is 12.8 Å². The standard InChI is InChI=1S/C13H19N/c1-9-4-3-5-12-8-11(10(2)14)6-7-13(9)12/h3-5,10-11H,6-8,14H2,1-2H3. The van der Waals surface area contributed by atoms with Crippen LogP contribution in [0.1, 0.15) is 30.0 Å². The molecule has 0 saturated carbocycles. The molecule has 0 radical (unpaired) electrons. The summed E-state index contributed by atoms with van der Waals surface area (Å²) in [6.07, 6.45) is 3.65. The third-order valence-corrected chi connectivity index (χ3v) is 3.50. The van der Waals surface area contributed by atoms with Gasteiger partial charge in [-0.25, -0.2) is 0 Å². The van der Waals surface area contributed by atoms with E-state index >= 15 is 0 Å². The number of fused-ring (bicyclic) bond motifs is 1. The molecular weight excluding hydrogens is 170 g/mol. The normalized spacial score (nSPS) is 22.9. The summed E-state index contributed by atoms with van der Waals surface area (Å²) in [6.45, 7) is 4.34. The van der Waals surface area contributed by atoms with E-state index in [-0.39, 0.29) is 0 Å². The van der Waals surface area contributed by atoms with Gasteiger partial charge in [-0.1, -0.05) is 18.2 Å². The molecule has 0 fully saturated rings.